The lowest BCUT2D eigenvalue weighted by Gasteiger charge is -2.29. The zero-order valence-electron chi connectivity index (χ0n) is 11.9. The topological polar surface area (TPSA) is 49.4 Å². The van der Waals surface area contributed by atoms with Crippen LogP contribution in [0.25, 0.3) is 0 Å². The van der Waals surface area contributed by atoms with Gasteiger partial charge in [-0.25, -0.2) is 0 Å². The molecule has 1 aromatic carbocycles. The van der Waals surface area contributed by atoms with E-state index in [0.717, 1.165) is 24.1 Å². The summed E-state index contributed by atoms with van der Waals surface area (Å²) in [6, 6.07) is 7.56. The standard InChI is InChI=1S/C15H17F3N2O2/c16-15(17,18)10-13(21)19-8-7-14(22)20-9-3-5-11-4-1-2-6-12(11)20/h1-2,4,6H,3,5,7-10H2,(H,19,21). The number of aryl methyl sites for hydroxylation is 1. The molecule has 1 aromatic rings. The van der Waals surface area contributed by atoms with Gasteiger partial charge in [-0.05, 0) is 24.5 Å². The summed E-state index contributed by atoms with van der Waals surface area (Å²) in [6.45, 7) is 0.499. The van der Waals surface area contributed by atoms with Crippen molar-refractivity contribution < 1.29 is 22.8 Å². The average molecular weight is 314 g/mol. The van der Waals surface area contributed by atoms with E-state index in [1.54, 1.807) is 4.90 Å². The second kappa shape index (κ2) is 6.81. The van der Waals surface area contributed by atoms with Crippen LogP contribution >= 0.6 is 0 Å². The number of alkyl halides is 3. The maximum Gasteiger partial charge on any atom is 0.397 e. The number of rotatable bonds is 4. The van der Waals surface area contributed by atoms with Crippen LogP contribution in [0.5, 0.6) is 0 Å². The van der Waals surface area contributed by atoms with Crippen molar-refractivity contribution in [1.29, 1.82) is 0 Å². The van der Waals surface area contributed by atoms with Gasteiger partial charge < -0.3 is 10.2 Å². The minimum absolute atomic E-state index is 0.0159. The van der Waals surface area contributed by atoms with Crippen molar-refractivity contribution >= 4 is 17.5 Å². The molecule has 4 nitrogen and oxygen atoms in total. The molecule has 120 valence electrons. The second-order valence-corrected chi connectivity index (χ2v) is 5.17. The summed E-state index contributed by atoms with van der Waals surface area (Å²) < 4.78 is 36.0. The fraction of sp³-hybridized carbons (Fsp3) is 0.467. The molecule has 0 saturated heterocycles. The van der Waals surface area contributed by atoms with Crippen molar-refractivity contribution in [1.82, 2.24) is 5.32 Å². The molecular weight excluding hydrogens is 297 g/mol. The number of amides is 2. The average Bonchev–Trinajstić information content (AvgIpc) is 2.44. The Kier molecular flexibility index (Phi) is 5.05. The van der Waals surface area contributed by atoms with Crippen molar-refractivity contribution in [2.75, 3.05) is 18.0 Å². The zero-order valence-corrected chi connectivity index (χ0v) is 11.9. The molecule has 0 aromatic heterocycles. The van der Waals surface area contributed by atoms with E-state index in [2.05, 4.69) is 5.32 Å². The van der Waals surface area contributed by atoms with Gasteiger partial charge in [0.2, 0.25) is 11.8 Å². The Labute approximate surface area is 126 Å². The monoisotopic (exact) mass is 314 g/mol. The Hall–Kier alpha value is -2.05. The summed E-state index contributed by atoms with van der Waals surface area (Å²) in [5.41, 5.74) is 1.93. The Morgan fingerprint density at radius 1 is 1.23 bits per heavy atom. The molecule has 2 amide bonds. The summed E-state index contributed by atoms with van der Waals surface area (Å²) in [4.78, 5) is 24.9. The van der Waals surface area contributed by atoms with Gasteiger partial charge in [-0.15, -0.1) is 0 Å². The normalized spacial score (nSPS) is 14.4. The van der Waals surface area contributed by atoms with E-state index in [1.165, 1.54) is 0 Å². The first-order chi connectivity index (χ1) is 10.4. The molecule has 1 aliphatic heterocycles. The van der Waals surface area contributed by atoms with Gasteiger partial charge >= 0.3 is 6.18 Å². The molecule has 1 N–H and O–H groups in total. The first-order valence-electron chi connectivity index (χ1n) is 7.08. The minimum Gasteiger partial charge on any atom is -0.355 e. The number of anilines is 1. The SMILES string of the molecule is O=C(CC(F)(F)F)NCCC(=O)N1CCCc2ccccc21. The molecule has 0 unspecified atom stereocenters. The molecule has 2 rings (SSSR count). The largest absolute Gasteiger partial charge is 0.397 e. The van der Waals surface area contributed by atoms with Crippen LogP contribution < -0.4 is 10.2 Å². The third-order valence-corrected chi connectivity index (χ3v) is 3.43. The molecule has 1 aliphatic rings. The summed E-state index contributed by atoms with van der Waals surface area (Å²) in [7, 11) is 0. The predicted molar refractivity (Wildman–Crippen MR) is 75.4 cm³/mol. The first-order valence-corrected chi connectivity index (χ1v) is 7.08. The van der Waals surface area contributed by atoms with Gasteiger partial charge in [-0.2, -0.15) is 13.2 Å². The number of hydrogen-bond donors (Lipinski definition) is 1. The van der Waals surface area contributed by atoms with Crippen LogP contribution in [0.1, 0.15) is 24.8 Å². The molecule has 0 aliphatic carbocycles. The van der Waals surface area contributed by atoms with Crippen LogP contribution in [0.2, 0.25) is 0 Å². The van der Waals surface area contributed by atoms with E-state index in [9.17, 15) is 22.8 Å². The summed E-state index contributed by atoms with van der Waals surface area (Å²) in [6.07, 6.45) is -4.31. The third-order valence-electron chi connectivity index (χ3n) is 3.43. The second-order valence-electron chi connectivity index (χ2n) is 5.17. The smallest absolute Gasteiger partial charge is 0.355 e. The van der Waals surface area contributed by atoms with E-state index in [0.29, 0.717) is 6.54 Å². The first kappa shape index (κ1) is 16.3. The van der Waals surface area contributed by atoms with Crippen molar-refractivity contribution in [2.24, 2.45) is 0 Å². The highest BCUT2D eigenvalue weighted by molar-refractivity contribution is 5.94. The lowest BCUT2D eigenvalue weighted by molar-refractivity contribution is -0.153. The van der Waals surface area contributed by atoms with Gasteiger partial charge in [0, 0.05) is 25.2 Å². The lowest BCUT2D eigenvalue weighted by atomic mass is 10.0. The Bertz CT molecular complexity index is 558. The number of nitrogens with zero attached hydrogens (tertiary/aromatic N) is 1. The van der Waals surface area contributed by atoms with E-state index in [-0.39, 0.29) is 18.9 Å². The highest BCUT2D eigenvalue weighted by Crippen LogP contribution is 2.27. The number of hydrogen-bond acceptors (Lipinski definition) is 2. The lowest BCUT2D eigenvalue weighted by Crippen LogP contribution is -2.38. The molecule has 1 heterocycles. The maximum absolute atomic E-state index is 12.2. The minimum atomic E-state index is -4.53. The number of carbonyl (C=O) groups excluding carboxylic acids is 2. The molecule has 0 bridgehead atoms. The van der Waals surface area contributed by atoms with Crippen LogP contribution in [-0.4, -0.2) is 31.1 Å². The maximum atomic E-state index is 12.2. The molecule has 7 heteroatoms. The highest BCUT2D eigenvalue weighted by Gasteiger charge is 2.31. The van der Waals surface area contributed by atoms with Crippen LogP contribution in [0.3, 0.4) is 0 Å². The zero-order chi connectivity index (χ0) is 16.2. The molecule has 0 atom stereocenters. The number of carbonyl (C=O) groups is 2. The number of nitrogens with one attached hydrogen (secondary N) is 1. The van der Waals surface area contributed by atoms with Crippen LogP contribution in [0.4, 0.5) is 18.9 Å². The van der Waals surface area contributed by atoms with Gasteiger partial charge in [-0.3, -0.25) is 9.59 Å². The van der Waals surface area contributed by atoms with Crippen LogP contribution in [0.15, 0.2) is 24.3 Å². The highest BCUT2D eigenvalue weighted by atomic mass is 19.4. The molecule has 0 fully saturated rings. The summed E-state index contributed by atoms with van der Waals surface area (Å²) in [5.74, 6) is -1.31. The van der Waals surface area contributed by atoms with Gasteiger partial charge in [-0.1, -0.05) is 18.2 Å². The van der Waals surface area contributed by atoms with E-state index in [4.69, 9.17) is 0 Å². The Balaban J connectivity index is 1.85. The Morgan fingerprint density at radius 2 is 1.95 bits per heavy atom. The quantitative estimate of drug-likeness (QED) is 0.928. The van der Waals surface area contributed by atoms with Crippen molar-refractivity contribution in [3.63, 3.8) is 0 Å². The van der Waals surface area contributed by atoms with Crippen LogP contribution in [0, 0.1) is 0 Å². The van der Waals surface area contributed by atoms with Crippen LogP contribution in [-0.2, 0) is 16.0 Å². The van der Waals surface area contributed by atoms with E-state index in [1.807, 2.05) is 24.3 Å². The van der Waals surface area contributed by atoms with Crippen molar-refractivity contribution in [3.05, 3.63) is 29.8 Å². The molecular formula is C15H17F3N2O2. The number of para-hydroxylation sites is 1. The van der Waals surface area contributed by atoms with Crippen molar-refractivity contribution in [3.8, 4) is 0 Å². The molecule has 0 saturated carbocycles. The van der Waals surface area contributed by atoms with E-state index < -0.39 is 18.5 Å². The van der Waals surface area contributed by atoms with Gasteiger partial charge in [0.05, 0.1) is 0 Å². The number of halogens is 3. The summed E-state index contributed by atoms with van der Waals surface area (Å²) in [5, 5.41) is 2.13. The summed E-state index contributed by atoms with van der Waals surface area (Å²) >= 11 is 0. The fourth-order valence-electron chi connectivity index (χ4n) is 2.48. The van der Waals surface area contributed by atoms with Gasteiger partial charge in [0.25, 0.3) is 0 Å². The van der Waals surface area contributed by atoms with Gasteiger partial charge in [0.1, 0.15) is 6.42 Å². The number of benzene rings is 1. The number of fused-ring (bicyclic) bond motifs is 1. The van der Waals surface area contributed by atoms with Crippen molar-refractivity contribution in [2.45, 2.75) is 31.9 Å². The van der Waals surface area contributed by atoms with Gasteiger partial charge in [0.15, 0.2) is 0 Å². The third kappa shape index (κ3) is 4.47. The van der Waals surface area contributed by atoms with E-state index >= 15 is 0 Å². The molecule has 22 heavy (non-hydrogen) atoms. The predicted octanol–water partition coefficient (Wildman–Crippen LogP) is 2.42. The Morgan fingerprint density at radius 3 is 2.68 bits per heavy atom. The molecule has 0 radical (unpaired) electrons. The molecule has 0 spiro atoms. The fourth-order valence-corrected chi connectivity index (χ4v) is 2.48.